The van der Waals surface area contributed by atoms with E-state index in [9.17, 15) is 13.2 Å². The number of carbonyl (C=O) groups is 1. The molecule has 0 aromatic heterocycles. The molecule has 0 saturated heterocycles. The Morgan fingerprint density at radius 2 is 2.04 bits per heavy atom. The molecule has 0 aliphatic heterocycles. The Kier molecular flexibility index (Phi) is 7.47. The first kappa shape index (κ1) is 19.9. The maximum atomic E-state index is 12.2. The quantitative estimate of drug-likeness (QED) is 0.648. The summed E-state index contributed by atoms with van der Waals surface area (Å²) in [7, 11) is -1.73. The van der Waals surface area contributed by atoms with Crippen LogP contribution in [0, 0.1) is 5.92 Å². The number of hydrogen-bond donors (Lipinski definition) is 3. The molecular formula is C15H24ClN3O3S. The lowest BCUT2D eigenvalue weighted by Gasteiger charge is -2.12. The van der Waals surface area contributed by atoms with Crippen molar-refractivity contribution in [2.45, 2.75) is 30.7 Å². The number of nitrogens with one attached hydrogen (secondary N) is 3. The van der Waals surface area contributed by atoms with E-state index in [-0.39, 0.29) is 29.3 Å². The third kappa shape index (κ3) is 6.10. The van der Waals surface area contributed by atoms with E-state index in [0.29, 0.717) is 24.6 Å². The van der Waals surface area contributed by atoms with Crippen LogP contribution in [0.1, 0.15) is 30.1 Å². The lowest BCUT2D eigenvalue weighted by molar-refractivity contribution is 0.0950. The van der Waals surface area contributed by atoms with Gasteiger partial charge in [-0.15, -0.1) is 12.4 Å². The van der Waals surface area contributed by atoms with Crippen molar-refractivity contribution in [2.75, 3.05) is 20.1 Å². The van der Waals surface area contributed by atoms with Crippen LogP contribution < -0.4 is 15.4 Å². The van der Waals surface area contributed by atoms with Gasteiger partial charge in [0.1, 0.15) is 0 Å². The summed E-state index contributed by atoms with van der Waals surface area (Å²) in [4.78, 5) is 12.2. The monoisotopic (exact) mass is 361 g/mol. The molecule has 1 saturated carbocycles. The van der Waals surface area contributed by atoms with Crippen LogP contribution in [0.25, 0.3) is 0 Å². The largest absolute Gasteiger partial charge is 0.350 e. The number of likely N-dealkylation sites (N-methyl/N-ethyl adjacent to an activating group) is 1. The third-order valence-electron chi connectivity index (χ3n) is 3.73. The lowest BCUT2D eigenvalue weighted by Crippen LogP contribution is -2.37. The molecule has 8 heteroatoms. The fourth-order valence-corrected chi connectivity index (χ4v) is 3.05. The van der Waals surface area contributed by atoms with Crippen molar-refractivity contribution in [3.05, 3.63) is 29.8 Å². The van der Waals surface area contributed by atoms with E-state index >= 15 is 0 Å². The summed E-state index contributed by atoms with van der Waals surface area (Å²) in [6.45, 7) is 2.90. The first-order valence-corrected chi connectivity index (χ1v) is 8.96. The lowest BCUT2D eigenvalue weighted by atomic mass is 10.2. The molecule has 0 spiro atoms. The highest BCUT2D eigenvalue weighted by atomic mass is 35.5. The SMILES string of the molecule is CNC(C)CNC(=O)c1cccc(S(=O)(=O)NCC2CC2)c1.Cl. The second-order valence-electron chi connectivity index (χ2n) is 5.72. The molecule has 1 fully saturated rings. The molecule has 130 valence electrons. The van der Waals surface area contributed by atoms with Crippen molar-refractivity contribution in [1.82, 2.24) is 15.4 Å². The summed E-state index contributed by atoms with van der Waals surface area (Å²) in [5.74, 6) is 0.186. The summed E-state index contributed by atoms with van der Waals surface area (Å²) in [5, 5.41) is 5.79. The Morgan fingerprint density at radius 3 is 2.65 bits per heavy atom. The molecule has 1 unspecified atom stereocenters. The summed E-state index contributed by atoms with van der Waals surface area (Å²) in [5.41, 5.74) is 0.345. The van der Waals surface area contributed by atoms with Gasteiger partial charge in [-0.1, -0.05) is 6.07 Å². The van der Waals surface area contributed by atoms with Crippen LogP contribution in [0.3, 0.4) is 0 Å². The van der Waals surface area contributed by atoms with Crippen molar-refractivity contribution in [3.63, 3.8) is 0 Å². The van der Waals surface area contributed by atoms with Crippen LogP contribution in [0.4, 0.5) is 0 Å². The van der Waals surface area contributed by atoms with Gasteiger partial charge in [0.25, 0.3) is 5.91 Å². The Hall–Kier alpha value is -1.15. The van der Waals surface area contributed by atoms with Gasteiger partial charge < -0.3 is 10.6 Å². The number of amides is 1. The van der Waals surface area contributed by atoms with Crippen LogP contribution >= 0.6 is 12.4 Å². The molecule has 1 aromatic rings. The van der Waals surface area contributed by atoms with Gasteiger partial charge in [0.2, 0.25) is 10.0 Å². The van der Waals surface area contributed by atoms with Crippen LogP contribution in [0.5, 0.6) is 0 Å². The van der Waals surface area contributed by atoms with Gasteiger partial charge in [0.05, 0.1) is 4.90 Å². The number of hydrogen-bond acceptors (Lipinski definition) is 4. The van der Waals surface area contributed by atoms with Crippen molar-refractivity contribution in [2.24, 2.45) is 5.92 Å². The fraction of sp³-hybridized carbons (Fsp3) is 0.533. The van der Waals surface area contributed by atoms with E-state index in [1.54, 1.807) is 12.1 Å². The Balaban J connectivity index is 0.00000264. The standard InChI is InChI=1S/C15H23N3O3S.ClH/c1-11(16-2)9-17-15(19)13-4-3-5-14(8-13)22(20,21)18-10-12-6-7-12;/h3-5,8,11-12,16,18H,6-7,9-10H2,1-2H3,(H,17,19);1H. The van der Waals surface area contributed by atoms with Crippen LogP contribution in [-0.4, -0.2) is 40.5 Å². The first-order chi connectivity index (χ1) is 10.4. The van der Waals surface area contributed by atoms with Gasteiger partial charge in [0.15, 0.2) is 0 Å². The second-order valence-corrected chi connectivity index (χ2v) is 7.49. The number of carbonyl (C=O) groups excluding carboxylic acids is 1. The van der Waals surface area contributed by atoms with Gasteiger partial charge in [-0.3, -0.25) is 4.79 Å². The number of halogens is 1. The molecule has 3 N–H and O–H groups in total. The van der Waals surface area contributed by atoms with Crippen LogP contribution in [0.2, 0.25) is 0 Å². The van der Waals surface area contributed by atoms with Crippen molar-refractivity contribution in [3.8, 4) is 0 Å². The zero-order chi connectivity index (χ0) is 16.2. The van der Waals surface area contributed by atoms with E-state index in [0.717, 1.165) is 12.8 Å². The summed E-state index contributed by atoms with van der Waals surface area (Å²) < 4.78 is 27.0. The topological polar surface area (TPSA) is 87.3 Å². The molecule has 2 rings (SSSR count). The van der Waals surface area contributed by atoms with Gasteiger partial charge in [-0.2, -0.15) is 0 Å². The van der Waals surface area contributed by atoms with Crippen molar-refractivity contribution < 1.29 is 13.2 Å². The molecule has 0 radical (unpaired) electrons. The van der Waals surface area contributed by atoms with Crippen molar-refractivity contribution in [1.29, 1.82) is 0 Å². The highest BCUT2D eigenvalue weighted by Crippen LogP contribution is 2.28. The molecular weight excluding hydrogens is 338 g/mol. The van der Waals surface area contributed by atoms with Gasteiger partial charge in [-0.25, -0.2) is 13.1 Å². The Bertz CT molecular complexity index is 633. The summed E-state index contributed by atoms with van der Waals surface area (Å²) >= 11 is 0. The second kappa shape index (κ2) is 8.63. The maximum Gasteiger partial charge on any atom is 0.251 e. The Labute approximate surface area is 143 Å². The molecule has 0 heterocycles. The summed E-state index contributed by atoms with van der Waals surface area (Å²) in [6.07, 6.45) is 2.16. The molecule has 1 aliphatic carbocycles. The average Bonchev–Trinajstić information content (AvgIpc) is 3.34. The molecule has 1 atom stereocenters. The predicted octanol–water partition coefficient (Wildman–Crippen LogP) is 1.13. The molecule has 1 aliphatic rings. The molecule has 1 aromatic carbocycles. The third-order valence-corrected chi connectivity index (χ3v) is 5.15. The van der Waals surface area contributed by atoms with E-state index < -0.39 is 10.0 Å². The number of sulfonamides is 1. The van der Waals surface area contributed by atoms with Crippen molar-refractivity contribution >= 4 is 28.3 Å². The fourth-order valence-electron chi connectivity index (χ4n) is 1.89. The molecule has 1 amide bonds. The summed E-state index contributed by atoms with van der Waals surface area (Å²) in [6, 6.07) is 6.26. The van der Waals surface area contributed by atoms with E-state index in [1.165, 1.54) is 12.1 Å². The normalized spacial score (nSPS) is 15.6. The highest BCUT2D eigenvalue weighted by Gasteiger charge is 2.24. The Morgan fingerprint density at radius 1 is 1.35 bits per heavy atom. The zero-order valence-corrected chi connectivity index (χ0v) is 15.0. The van der Waals surface area contributed by atoms with Gasteiger partial charge in [-0.05, 0) is 50.9 Å². The van der Waals surface area contributed by atoms with E-state index in [4.69, 9.17) is 0 Å². The van der Waals surface area contributed by atoms with Crippen LogP contribution in [0.15, 0.2) is 29.2 Å². The number of benzene rings is 1. The van der Waals surface area contributed by atoms with Gasteiger partial charge >= 0.3 is 0 Å². The molecule has 23 heavy (non-hydrogen) atoms. The van der Waals surface area contributed by atoms with Crippen LogP contribution in [-0.2, 0) is 10.0 Å². The minimum Gasteiger partial charge on any atom is -0.350 e. The van der Waals surface area contributed by atoms with E-state index in [1.807, 2.05) is 14.0 Å². The number of rotatable bonds is 8. The molecule has 6 nitrogen and oxygen atoms in total. The first-order valence-electron chi connectivity index (χ1n) is 7.47. The minimum atomic E-state index is -3.55. The zero-order valence-electron chi connectivity index (χ0n) is 13.3. The smallest absolute Gasteiger partial charge is 0.251 e. The minimum absolute atomic E-state index is 0. The predicted molar refractivity (Wildman–Crippen MR) is 92.5 cm³/mol. The average molecular weight is 362 g/mol. The molecule has 0 bridgehead atoms. The van der Waals surface area contributed by atoms with E-state index in [2.05, 4.69) is 15.4 Å². The highest BCUT2D eigenvalue weighted by molar-refractivity contribution is 7.89. The van der Waals surface area contributed by atoms with Gasteiger partial charge in [0, 0.05) is 24.7 Å². The maximum absolute atomic E-state index is 12.2.